The van der Waals surface area contributed by atoms with Crippen LogP contribution in [0.15, 0.2) is 0 Å². The molecule has 0 spiro atoms. The molecule has 0 unspecified atom stereocenters. The van der Waals surface area contributed by atoms with Gasteiger partial charge in [-0.1, -0.05) is 103 Å². The van der Waals surface area contributed by atoms with Crippen molar-refractivity contribution in [2.75, 3.05) is 13.2 Å². The van der Waals surface area contributed by atoms with Crippen molar-refractivity contribution in [1.82, 2.24) is 0 Å². The first-order valence-electron chi connectivity index (χ1n) is 11.6. The number of aliphatic hydroxyl groups is 1. The van der Waals surface area contributed by atoms with Crippen molar-refractivity contribution in [3.63, 3.8) is 0 Å². The minimum Gasteiger partial charge on any atom is -0.466 e. The van der Waals surface area contributed by atoms with Crippen LogP contribution in [0.25, 0.3) is 0 Å². The first-order chi connectivity index (χ1) is 12.8. The van der Waals surface area contributed by atoms with Gasteiger partial charge in [-0.25, -0.2) is 0 Å². The summed E-state index contributed by atoms with van der Waals surface area (Å²) in [6.45, 7) is 3.19. The maximum atomic E-state index is 11.6. The van der Waals surface area contributed by atoms with E-state index in [9.17, 15) is 4.79 Å². The van der Waals surface area contributed by atoms with Gasteiger partial charge in [0.25, 0.3) is 0 Å². The SMILES string of the molecule is CCCCCCCCOC(=O)CCCCCCCCCCCCCCO. The summed E-state index contributed by atoms with van der Waals surface area (Å²) in [5, 5.41) is 8.71. The zero-order valence-corrected chi connectivity index (χ0v) is 17.6. The van der Waals surface area contributed by atoms with Crippen LogP contribution >= 0.6 is 0 Å². The Morgan fingerprint density at radius 1 is 0.615 bits per heavy atom. The summed E-state index contributed by atoms with van der Waals surface area (Å²) in [5.41, 5.74) is 0. The summed E-state index contributed by atoms with van der Waals surface area (Å²) >= 11 is 0. The van der Waals surface area contributed by atoms with E-state index in [1.807, 2.05) is 0 Å². The number of ether oxygens (including phenoxy) is 1. The van der Waals surface area contributed by atoms with E-state index in [0.717, 1.165) is 25.7 Å². The van der Waals surface area contributed by atoms with Gasteiger partial charge in [-0.2, -0.15) is 0 Å². The highest BCUT2D eigenvalue weighted by atomic mass is 16.5. The minimum absolute atomic E-state index is 0.000226. The predicted octanol–water partition coefficient (Wildman–Crippen LogP) is 6.95. The number of carbonyl (C=O) groups is 1. The number of unbranched alkanes of at least 4 members (excludes halogenated alkanes) is 16. The van der Waals surface area contributed by atoms with E-state index in [4.69, 9.17) is 9.84 Å². The highest BCUT2D eigenvalue weighted by Crippen LogP contribution is 2.13. The van der Waals surface area contributed by atoms with Crippen molar-refractivity contribution < 1.29 is 14.6 Å². The molecule has 0 aromatic carbocycles. The molecule has 0 bridgehead atoms. The molecular formula is C23H46O3. The summed E-state index contributed by atoms with van der Waals surface area (Å²) in [5.74, 6) is -0.000226. The van der Waals surface area contributed by atoms with Crippen LogP contribution < -0.4 is 0 Å². The molecule has 0 aromatic rings. The Morgan fingerprint density at radius 2 is 1.04 bits per heavy atom. The van der Waals surface area contributed by atoms with Gasteiger partial charge in [0.15, 0.2) is 0 Å². The predicted molar refractivity (Wildman–Crippen MR) is 111 cm³/mol. The molecule has 0 aliphatic carbocycles. The third kappa shape index (κ3) is 21.5. The first kappa shape index (κ1) is 25.4. The number of hydrogen-bond acceptors (Lipinski definition) is 3. The van der Waals surface area contributed by atoms with Crippen molar-refractivity contribution in [2.24, 2.45) is 0 Å². The second kappa shape index (κ2) is 22.5. The van der Waals surface area contributed by atoms with Crippen LogP contribution in [0.5, 0.6) is 0 Å². The standard InChI is InChI=1S/C23H46O3/c1-2-3-4-5-16-19-22-26-23(25)20-17-14-12-10-8-6-7-9-11-13-15-18-21-24/h24H,2-22H2,1H3. The Kier molecular flexibility index (Phi) is 22.0. The Bertz CT molecular complexity index is 279. The molecule has 0 aliphatic rings. The monoisotopic (exact) mass is 370 g/mol. The van der Waals surface area contributed by atoms with Crippen LogP contribution in [-0.2, 0) is 9.53 Å². The van der Waals surface area contributed by atoms with Crippen molar-refractivity contribution in [3.8, 4) is 0 Å². The van der Waals surface area contributed by atoms with E-state index in [-0.39, 0.29) is 5.97 Å². The third-order valence-electron chi connectivity index (χ3n) is 5.05. The topological polar surface area (TPSA) is 46.5 Å². The Hall–Kier alpha value is -0.570. The lowest BCUT2D eigenvalue weighted by atomic mass is 10.0. The van der Waals surface area contributed by atoms with Gasteiger partial charge in [0, 0.05) is 13.0 Å². The fourth-order valence-corrected chi connectivity index (χ4v) is 3.29. The van der Waals surface area contributed by atoms with E-state index in [2.05, 4.69) is 6.92 Å². The van der Waals surface area contributed by atoms with Gasteiger partial charge in [0.2, 0.25) is 0 Å². The highest BCUT2D eigenvalue weighted by Gasteiger charge is 2.02. The molecule has 0 atom stereocenters. The largest absolute Gasteiger partial charge is 0.466 e. The summed E-state index contributed by atoms with van der Waals surface area (Å²) in [6.07, 6.45) is 22.8. The molecule has 0 heterocycles. The molecule has 0 rings (SSSR count). The van der Waals surface area contributed by atoms with Crippen LogP contribution in [0.1, 0.15) is 129 Å². The molecule has 0 aliphatic heterocycles. The van der Waals surface area contributed by atoms with Gasteiger partial charge < -0.3 is 9.84 Å². The zero-order valence-electron chi connectivity index (χ0n) is 17.6. The number of esters is 1. The quantitative estimate of drug-likeness (QED) is 0.175. The second-order valence-electron chi connectivity index (χ2n) is 7.70. The fourth-order valence-electron chi connectivity index (χ4n) is 3.29. The summed E-state index contributed by atoms with van der Waals surface area (Å²) in [4.78, 5) is 11.6. The van der Waals surface area contributed by atoms with Crippen molar-refractivity contribution in [1.29, 1.82) is 0 Å². The maximum Gasteiger partial charge on any atom is 0.305 e. The lowest BCUT2D eigenvalue weighted by Crippen LogP contribution is -2.05. The molecule has 0 radical (unpaired) electrons. The highest BCUT2D eigenvalue weighted by molar-refractivity contribution is 5.69. The van der Waals surface area contributed by atoms with E-state index < -0.39 is 0 Å². The van der Waals surface area contributed by atoms with Crippen molar-refractivity contribution in [2.45, 2.75) is 129 Å². The van der Waals surface area contributed by atoms with Gasteiger partial charge in [0.1, 0.15) is 0 Å². The molecule has 0 aromatic heterocycles. The molecule has 3 nitrogen and oxygen atoms in total. The van der Waals surface area contributed by atoms with Gasteiger partial charge in [0.05, 0.1) is 6.61 Å². The number of carbonyl (C=O) groups excluding carboxylic acids is 1. The van der Waals surface area contributed by atoms with Gasteiger partial charge in [-0.15, -0.1) is 0 Å². The van der Waals surface area contributed by atoms with Crippen LogP contribution in [0.4, 0.5) is 0 Å². The van der Waals surface area contributed by atoms with Crippen LogP contribution in [0, 0.1) is 0 Å². The average Bonchev–Trinajstić information content (AvgIpc) is 2.64. The first-order valence-corrected chi connectivity index (χ1v) is 11.6. The van der Waals surface area contributed by atoms with Gasteiger partial charge in [-0.05, 0) is 19.3 Å². The molecule has 0 saturated heterocycles. The smallest absolute Gasteiger partial charge is 0.305 e. The molecule has 1 N–H and O–H groups in total. The zero-order chi connectivity index (χ0) is 19.1. The molecular weight excluding hydrogens is 324 g/mol. The van der Waals surface area contributed by atoms with Crippen LogP contribution in [-0.4, -0.2) is 24.3 Å². The lowest BCUT2D eigenvalue weighted by molar-refractivity contribution is -0.143. The molecule has 3 heteroatoms. The normalized spacial score (nSPS) is 11.0. The van der Waals surface area contributed by atoms with Crippen molar-refractivity contribution in [3.05, 3.63) is 0 Å². The number of aliphatic hydroxyl groups excluding tert-OH is 1. The summed E-state index contributed by atoms with van der Waals surface area (Å²) in [7, 11) is 0. The van der Waals surface area contributed by atoms with Crippen molar-refractivity contribution >= 4 is 5.97 Å². The Morgan fingerprint density at radius 3 is 1.54 bits per heavy atom. The minimum atomic E-state index is -0.000226. The molecule has 156 valence electrons. The Labute approximate surface area is 163 Å². The molecule has 26 heavy (non-hydrogen) atoms. The molecule has 0 fully saturated rings. The van der Waals surface area contributed by atoms with Crippen LogP contribution in [0.2, 0.25) is 0 Å². The van der Waals surface area contributed by atoms with Crippen LogP contribution in [0.3, 0.4) is 0 Å². The fraction of sp³-hybridized carbons (Fsp3) is 0.957. The van der Waals surface area contributed by atoms with Gasteiger partial charge >= 0.3 is 5.97 Å². The van der Waals surface area contributed by atoms with E-state index in [0.29, 0.717) is 19.6 Å². The lowest BCUT2D eigenvalue weighted by Gasteiger charge is -2.05. The average molecular weight is 371 g/mol. The van der Waals surface area contributed by atoms with E-state index in [1.54, 1.807) is 0 Å². The number of hydrogen-bond donors (Lipinski definition) is 1. The second-order valence-corrected chi connectivity index (χ2v) is 7.70. The van der Waals surface area contributed by atoms with Gasteiger partial charge in [-0.3, -0.25) is 4.79 Å². The summed E-state index contributed by atoms with van der Waals surface area (Å²) in [6, 6.07) is 0. The Balaban J connectivity index is 3.12. The molecule has 0 saturated carbocycles. The van der Waals surface area contributed by atoms with E-state index >= 15 is 0 Å². The third-order valence-corrected chi connectivity index (χ3v) is 5.05. The maximum absolute atomic E-state index is 11.6. The number of rotatable bonds is 21. The van der Waals surface area contributed by atoms with E-state index in [1.165, 1.54) is 89.9 Å². The summed E-state index contributed by atoms with van der Waals surface area (Å²) < 4.78 is 5.30. The molecule has 0 amide bonds.